The van der Waals surface area contributed by atoms with Gasteiger partial charge in [0.05, 0.1) is 29.3 Å². The molecule has 466 valence electrons. The molecule has 1 unspecified atom stereocenters. The summed E-state index contributed by atoms with van der Waals surface area (Å²) in [6, 6.07) is 31.3. The molecule has 1 fully saturated rings. The number of ketones is 2. The molecular weight excluding hydrogens is 1470 g/mol. The van der Waals surface area contributed by atoms with Gasteiger partial charge < -0.3 is 40.0 Å². The molecule has 85 heavy (non-hydrogen) atoms. The predicted octanol–water partition coefficient (Wildman–Crippen LogP) is 14.9. The summed E-state index contributed by atoms with van der Waals surface area (Å²) in [5, 5.41) is 23.9. The Hall–Kier alpha value is -6.96. The molecule has 0 saturated carbocycles. The zero-order chi connectivity index (χ0) is 65.1. The number of carboxylic acids is 1. The third kappa shape index (κ3) is 42.5. The molecule has 1 atom stereocenters. The van der Waals surface area contributed by atoms with E-state index in [0.29, 0.717) is 39.6 Å². The largest absolute Gasteiger partial charge is 0.507 e. The number of aromatic hydroxyl groups is 1. The maximum atomic E-state index is 12.4. The van der Waals surface area contributed by atoms with Crippen LogP contribution < -0.4 is 20.4 Å². The average molecular weight is 1530 g/mol. The SMILES string of the molecule is CC#N.CC(=O)O.CC(C)(C)OC(=O)N1CCCC1C(=O)OCC(=O)c1ccc(Br)c(OC(F)F)c1.Cc1ccc(Br)c(O)c1.Cc1ccccc1.FC(F)Oc1ccccc1Br.N.O=C(CBr)c1ccc(Br)c(OC(F)F)c1.O=C=O.O=C=O. The van der Waals surface area contributed by atoms with Gasteiger partial charge in [-0.15, -0.1) is 0 Å². The Morgan fingerprint density at radius 1 is 0.659 bits per heavy atom. The van der Waals surface area contributed by atoms with E-state index in [-0.39, 0.29) is 56.9 Å². The number of carbonyl (C=O) groups is 5. The number of carbonyl (C=O) groups excluding carboxylic acids is 8. The van der Waals surface area contributed by atoms with Gasteiger partial charge >= 0.3 is 44.2 Å². The molecule has 0 aromatic heterocycles. The van der Waals surface area contributed by atoms with Gasteiger partial charge in [-0.2, -0.15) is 50.8 Å². The number of nitrogens with zero attached hydrogens (tertiary/aromatic N) is 2. The van der Waals surface area contributed by atoms with Crippen molar-refractivity contribution in [1.82, 2.24) is 11.1 Å². The van der Waals surface area contributed by atoms with E-state index in [9.17, 15) is 45.5 Å². The standard InChI is InChI=1S/C19H22BrF2NO6.C9H6Br2F2O2.C7H5BrF2O.C7H7BrO.C7H8.C2H3N.C2H4O2.2CO2.H3N/c1-19(2,3)29-18(26)23-8-4-5-13(23)16(25)27-10-14(24)11-6-7-12(20)15(9-11)28-17(21)22;10-4-7(14)5-1-2-6(11)8(3-5)15-9(12)13;8-5-3-1-2-4-6(5)11-7(9)10;1-5-2-3-6(8)7(9)4-5;1-7-5-3-2-4-6-7;1-2-3;1-2(3)4;2*2-1-3;/h6-7,9,13,17H,4-5,8,10H2,1-3H3;1-3,9H,4H2;1-4,7H;2-4,9H,1H3;2-6H,1H3;1H3;1H3,(H,3,4);;;1H3. The van der Waals surface area contributed by atoms with Crippen LogP contribution >= 0.6 is 79.6 Å². The second kappa shape index (κ2) is 48.3. The number of Topliss-reactive ketones (excluding diaryl/α,β-unsaturated/α-hetero) is 2. The minimum Gasteiger partial charge on any atom is -0.507 e. The van der Waals surface area contributed by atoms with Gasteiger partial charge in [-0.3, -0.25) is 19.3 Å². The van der Waals surface area contributed by atoms with E-state index in [1.54, 1.807) is 51.1 Å². The fourth-order valence-corrected chi connectivity index (χ4v) is 7.09. The van der Waals surface area contributed by atoms with Gasteiger partial charge in [-0.05, 0) is 177 Å². The van der Waals surface area contributed by atoms with Crippen molar-refractivity contribution in [3.05, 3.63) is 149 Å². The van der Waals surface area contributed by atoms with Crippen LogP contribution in [0, 0.1) is 25.2 Å². The van der Waals surface area contributed by atoms with Crippen molar-refractivity contribution in [2.24, 2.45) is 0 Å². The topological polar surface area (TPSA) is 302 Å². The van der Waals surface area contributed by atoms with E-state index in [4.69, 9.17) is 48.9 Å². The Morgan fingerprint density at radius 2 is 1.06 bits per heavy atom. The summed E-state index contributed by atoms with van der Waals surface area (Å²) in [5.74, 6) is -2.13. The monoisotopic (exact) mass is 1520 g/mol. The van der Waals surface area contributed by atoms with Crippen LogP contribution in [0.4, 0.5) is 31.1 Å². The van der Waals surface area contributed by atoms with Crippen LogP contribution in [0.3, 0.4) is 0 Å². The number of phenolic OH excluding ortho intramolecular Hbond substituents is 1. The zero-order valence-electron chi connectivity index (χ0n) is 46.1. The molecule has 0 aliphatic carbocycles. The number of halogens is 11. The number of rotatable bonds is 12. The number of phenols is 1. The maximum Gasteiger partial charge on any atom is 0.411 e. The van der Waals surface area contributed by atoms with Crippen LogP contribution in [-0.4, -0.2) is 107 Å². The molecule has 1 amide bonds. The lowest BCUT2D eigenvalue weighted by atomic mass is 10.1. The third-order valence-electron chi connectivity index (χ3n) is 8.65. The Kier molecular flexibility index (Phi) is 48.0. The van der Waals surface area contributed by atoms with E-state index in [2.05, 4.69) is 113 Å². The first kappa shape index (κ1) is 84.5. The van der Waals surface area contributed by atoms with Crippen molar-refractivity contribution >= 4 is 122 Å². The van der Waals surface area contributed by atoms with E-state index in [0.717, 1.165) is 23.0 Å². The number of aryl methyl sites for hydroxylation is 2. The highest BCUT2D eigenvalue weighted by Gasteiger charge is 2.38. The lowest BCUT2D eigenvalue weighted by Gasteiger charge is -2.27. The number of esters is 1. The van der Waals surface area contributed by atoms with Gasteiger partial charge in [0.25, 0.3) is 5.97 Å². The maximum absolute atomic E-state index is 12.4. The Labute approximate surface area is 527 Å². The molecule has 6 rings (SSSR count). The minimum absolute atomic E-state index is 0. The lowest BCUT2D eigenvalue weighted by Crippen LogP contribution is -2.44. The normalized spacial score (nSPS) is 11.2. The molecule has 5 aromatic rings. The number of amides is 1. The number of ether oxygens (including phenoxy) is 5. The summed E-state index contributed by atoms with van der Waals surface area (Å²) in [4.78, 5) is 90.9. The molecule has 5 aromatic carbocycles. The minimum atomic E-state index is -3.05. The van der Waals surface area contributed by atoms with E-state index in [1.165, 1.54) is 53.8 Å². The molecular formula is C55H58Br5F6N3O16. The quantitative estimate of drug-likeness (QED) is 0.0452. The molecule has 0 spiro atoms. The highest BCUT2D eigenvalue weighted by Crippen LogP contribution is 2.30. The van der Waals surface area contributed by atoms with E-state index in [1.807, 2.05) is 37.3 Å². The molecule has 5 N–H and O–H groups in total. The Balaban J connectivity index is -0.000000493. The van der Waals surface area contributed by atoms with Gasteiger partial charge in [0, 0.05) is 31.5 Å². The number of aliphatic carboxylic acids is 1. The van der Waals surface area contributed by atoms with E-state index < -0.39 is 61.9 Å². The zero-order valence-corrected chi connectivity index (χ0v) is 54.0. The first-order chi connectivity index (χ1) is 39.3. The van der Waals surface area contributed by atoms with Crippen LogP contribution in [0.15, 0.2) is 127 Å². The number of alkyl halides is 7. The van der Waals surface area contributed by atoms with E-state index >= 15 is 0 Å². The van der Waals surface area contributed by atoms with Crippen LogP contribution in [0.2, 0.25) is 0 Å². The van der Waals surface area contributed by atoms with Gasteiger partial charge in [-0.1, -0.05) is 70.0 Å². The van der Waals surface area contributed by atoms with Crippen molar-refractivity contribution in [3.63, 3.8) is 0 Å². The van der Waals surface area contributed by atoms with Gasteiger partial charge in [0.1, 0.15) is 34.6 Å². The van der Waals surface area contributed by atoms with Crippen molar-refractivity contribution in [3.8, 4) is 29.1 Å². The average Bonchev–Trinajstić information content (AvgIpc) is 4.21. The van der Waals surface area contributed by atoms with Crippen LogP contribution in [0.1, 0.15) is 79.3 Å². The highest BCUT2D eigenvalue weighted by atomic mass is 79.9. The van der Waals surface area contributed by atoms with Crippen molar-refractivity contribution in [1.29, 1.82) is 5.26 Å². The van der Waals surface area contributed by atoms with Crippen molar-refractivity contribution in [2.45, 2.75) is 92.8 Å². The molecule has 0 bridgehead atoms. The number of carboxylic acid groups (broad SMARTS) is 1. The summed E-state index contributed by atoms with van der Waals surface area (Å²) < 4.78 is 97.1. The summed E-state index contributed by atoms with van der Waals surface area (Å²) in [6.45, 7) is 2.73. The fraction of sp³-hybridized carbons (Fsp3) is 0.309. The molecule has 1 aliphatic rings. The second-order valence-electron chi connectivity index (χ2n) is 16.3. The highest BCUT2D eigenvalue weighted by molar-refractivity contribution is 9.11. The molecule has 30 heteroatoms. The molecule has 1 heterocycles. The summed E-state index contributed by atoms with van der Waals surface area (Å²) in [6.07, 6.45) is 0.884. The number of likely N-dealkylation sites (tertiary alicyclic amines) is 1. The molecule has 0 radical (unpaired) electrons. The van der Waals surface area contributed by atoms with Crippen LogP contribution in [0.25, 0.3) is 0 Å². The first-order valence-corrected chi connectivity index (χ1v) is 27.5. The van der Waals surface area contributed by atoms with Gasteiger partial charge in [0.15, 0.2) is 18.2 Å². The Morgan fingerprint density at radius 3 is 1.44 bits per heavy atom. The smallest absolute Gasteiger partial charge is 0.411 e. The first-order valence-electron chi connectivity index (χ1n) is 23.2. The van der Waals surface area contributed by atoms with Gasteiger partial charge in [0.2, 0.25) is 0 Å². The predicted molar refractivity (Wildman–Crippen MR) is 313 cm³/mol. The number of hydrogen-bond donors (Lipinski definition) is 3. The fourth-order valence-electron chi connectivity index (χ4n) is 5.46. The Bertz CT molecular complexity index is 2900. The number of nitriles is 1. The molecule has 1 saturated heterocycles. The number of hydrogen-bond acceptors (Lipinski definition) is 17. The molecule has 1 aliphatic heterocycles. The van der Waals surface area contributed by atoms with Crippen LogP contribution in [0.5, 0.6) is 23.0 Å². The lowest BCUT2D eigenvalue weighted by molar-refractivity contribution is -0.193. The summed E-state index contributed by atoms with van der Waals surface area (Å²) >= 11 is 15.3. The summed E-state index contributed by atoms with van der Waals surface area (Å²) in [7, 11) is 0. The summed E-state index contributed by atoms with van der Waals surface area (Å²) in [5.41, 5.74) is 2.06. The van der Waals surface area contributed by atoms with Gasteiger partial charge in [-0.25, -0.2) is 9.59 Å². The van der Waals surface area contributed by atoms with Crippen molar-refractivity contribution < 1.29 is 103 Å². The van der Waals surface area contributed by atoms with Crippen molar-refractivity contribution in [2.75, 3.05) is 18.5 Å². The number of para-hydroxylation sites is 1. The van der Waals surface area contributed by atoms with Crippen LogP contribution in [-0.2, 0) is 38.2 Å². The second-order valence-corrected chi connectivity index (χ2v) is 20.3. The molecule has 19 nitrogen and oxygen atoms in total. The number of benzene rings is 5. The third-order valence-corrected chi connectivity index (χ3v) is 11.8.